The first-order valence-electron chi connectivity index (χ1n) is 11.7. The minimum absolute atomic E-state index is 0.00127. The molecule has 9 nitrogen and oxygen atoms in total. The number of rotatable bonds is 9. The number of tetrazole rings is 1. The average Bonchev–Trinajstić information content (AvgIpc) is 3.32. The van der Waals surface area contributed by atoms with Gasteiger partial charge in [0.2, 0.25) is 0 Å². The van der Waals surface area contributed by atoms with Crippen molar-refractivity contribution in [2.45, 2.75) is 33.4 Å². The van der Waals surface area contributed by atoms with Gasteiger partial charge in [0.25, 0.3) is 5.91 Å². The van der Waals surface area contributed by atoms with Crippen LogP contribution in [0.4, 0.5) is 0 Å². The molecule has 9 heteroatoms. The lowest BCUT2D eigenvalue weighted by atomic mass is 10.0. The summed E-state index contributed by atoms with van der Waals surface area (Å²) in [5.41, 5.74) is 4.38. The molecule has 1 atom stereocenters. The number of benzene rings is 2. The molecular formula is C25H32N6O3. The predicted octanol–water partition coefficient (Wildman–Crippen LogP) is 2.62. The van der Waals surface area contributed by atoms with Crippen molar-refractivity contribution in [3.05, 3.63) is 59.4 Å². The number of nitrogens with zero attached hydrogens (tertiary/aromatic N) is 5. The highest BCUT2D eigenvalue weighted by Gasteiger charge is 2.18. The van der Waals surface area contributed by atoms with Crippen molar-refractivity contribution in [2.24, 2.45) is 0 Å². The highest BCUT2D eigenvalue weighted by Crippen LogP contribution is 2.25. The van der Waals surface area contributed by atoms with E-state index in [0.717, 1.165) is 44.0 Å². The number of hydrogen-bond acceptors (Lipinski definition) is 7. The smallest absolute Gasteiger partial charge is 0.251 e. The topological polar surface area (TPSA) is 94.4 Å². The average molecular weight is 465 g/mol. The van der Waals surface area contributed by atoms with Gasteiger partial charge < -0.3 is 14.8 Å². The van der Waals surface area contributed by atoms with Crippen LogP contribution in [0.1, 0.15) is 35.6 Å². The molecule has 3 aromatic rings. The fourth-order valence-electron chi connectivity index (χ4n) is 3.99. The minimum Gasteiger partial charge on any atom is -0.379 e. The summed E-state index contributed by atoms with van der Waals surface area (Å²) in [5.74, 6) is 0.449. The monoisotopic (exact) mass is 464 g/mol. The quantitative estimate of drug-likeness (QED) is 0.520. The van der Waals surface area contributed by atoms with Crippen molar-refractivity contribution in [3.63, 3.8) is 0 Å². The second-order valence-corrected chi connectivity index (χ2v) is 8.57. The van der Waals surface area contributed by atoms with Crippen LogP contribution >= 0.6 is 0 Å². The standard InChI is InChI=1S/C25H32N6O3/c1-4-33-17-24-27-28-29-31(24)23-14-21(20-7-5-18(2)6-8-20)13-22(15-23)25(32)26-19(3)16-30-9-11-34-12-10-30/h5-8,13-15,19H,4,9-12,16-17H2,1-3H3,(H,26,32)/t19-/m1/s1. The molecule has 1 amide bonds. The number of ether oxygens (including phenoxy) is 2. The molecule has 1 fully saturated rings. The normalized spacial score (nSPS) is 15.3. The van der Waals surface area contributed by atoms with Crippen LogP contribution in [-0.4, -0.2) is 76.5 Å². The van der Waals surface area contributed by atoms with Gasteiger partial charge in [-0.2, -0.15) is 4.68 Å². The zero-order valence-corrected chi connectivity index (χ0v) is 20.0. The Morgan fingerprint density at radius 2 is 1.91 bits per heavy atom. The zero-order valence-electron chi connectivity index (χ0n) is 20.0. The molecule has 0 aliphatic carbocycles. The van der Waals surface area contributed by atoms with Gasteiger partial charge in [-0.1, -0.05) is 29.8 Å². The Morgan fingerprint density at radius 3 is 2.65 bits per heavy atom. The first-order valence-corrected chi connectivity index (χ1v) is 11.7. The Kier molecular flexibility index (Phi) is 7.99. The number of nitrogens with one attached hydrogen (secondary N) is 1. The molecule has 2 heterocycles. The number of aryl methyl sites for hydroxylation is 1. The van der Waals surface area contributed by atoms with E-state index in [-0.39, 0.29) is 18.6 Å². The summed E-state index contributed by atoms with van der Waals surface area (Å²) < 4.78 is 12.6. The molecular weight excluding hydrogens is 432 g/mol. The highest BCUT2D eigenvalue weighted by molar-refractivity contribution is 5.96. The van der Waals surface area contributed by atoms with Crippen LogP contribution in [0.25, 0.3) is 16.8 Å². The van der Waals surface area contributed by atoms with Crippen molar-refractivity contribution in [2.75, 3.05) is 39.5 Å². The van der Waals surface area contributed by atoms with Gasteiger partial charge in [-0.15, -0.1) is 5.10 Å². The van der Waals surface area contributed by atoms with E-state index in [4.69, 9.17) is 9.47 Å². The molecule has 0 saturated carbocycles. The summed E-state index contributed by atoms with van der Waals surface area (Å²) in [7, 11) is 0. The van der Waals surface area contributed by atoms with Gasteiger partial charge in [0, 0.05) is 37.8 Å². The van der Waals surface area contributed by atoms with Crippen molar-refractivity contribution < 1.29 is 14.3 Å². The van der Waals surface area contributed by atoms with Crippen molar-refractivity contribution in [3.8, 4) is 16.8 Å². The Morgan fingerprint density at radius 1 is 1.15 bits per heavy atom. The van der Waals surface area contributed by atoms with Gasteiger partial charge in [0.15, 0.2) is 5.82 Å². The summed E-state index contributed by atoms with van der Waals surface area (Å²) in [6.07, 6.45) is 0. The molecule has 1 aliphatic rings. The molecule has 0 bridgehead atoms. The lowest BCUT2D eigenvalue weighted by Gasteiger charge is -2.29. The van der Waals surface area contributed by atoms with Gasteiger partial charge in [-0.25, -0.2) is 0 Å². The SMILES string of the molecule is CCOCc1nnnn1-c1cc(C(=O)N[C@H](C)CN2CCOCC2)cc(-c2ccc(C)cc2)c1. The predicted molar refractivity (Wildman–Crippen MR) is 129 cm³/mol. The Hall–Kier alpha value is -3.14. The molecule has 1 aromatic heterocycles. The third-order valence-electron chi connectivity index (χ3n) is 5.79. The second-order valence-electron chi connectivity index (χ2n) is 8.57. The van der Waals surface area contributed by atoms with Gasteiger partial charge in [-0.05, 0) is 60.5 Å². The number of carbonyl (C=O) groups is 1. The molecule has 4 rings (SSSR count). The minimum atomic E-state index is -0.129. The Balaban J connectivity index is 1.62. The van der Waals surface area contributed by atoms with E-state index in [1.54, 1.807) is 4.68 Å². The zero-order chi connectivity index (χ0) is 23.9. The maximum atomic E-state index is 13.3. The second kappa shape index (κ2) is 11.3. The van der Waals surface area contributed by atoms with Crippen LogP contribution in [0.5, 0.6) is 0 Å². The molecule has 2 aromatic carbocycles. The molecule has 0 spiro atoms. The lowest BCUT2D eigenvalue weighted by Crippen LogP contribution is -2.46. The van der Waals surface area contributed by atoms with E-state index < -0.39 is 0 Å². The van der Waals surface area contributed by atoms with Crippen LogP contribution in [0.3, 0.4) is 0 Å². The summed E-state index contributed by atoms with van der Waals surface area (Å²) in [5, 5.41) is 15.2. The van der Waals surface area contributed by atoms with E-state index in [0.29, 0.717) is 23.7 Å². The molecule has 180 valence electrons. The van der Waals surface area contributed by atoms with Gasteiger partial charge in [0.1, 0.15) is 6.61 Å². The van der Waals surface area contributed by atoms with Crippen molar-refractivity contribution in [1.29, 1.82) is 0 Å². The summed E-state index contributed by atoms with van der Waals surface area (Å²) in [6.45, 7) is 10.9. The Bertz CT molecular complexity index is 1090. The molecule has 0 unspecified atom stereocenters. The maximum absolute atomic E-state index is 13.3. The maximum Gasteiger partial charge on any atom is 0.251 e. The number of morpholine rings is 1. The van der Waals surface area contributed by atoms with Crippen molar-refractivity contribution >= 4 is 5.91 Å². The summed E-state index contributed by atoms with van der Waals surface area (Å²) in [6, 6.07) is 13.9. The molecule has 34 heavy (non-hydrogen) atoms. The van der Waals surface area contributed by atoms with Crippen LogP contribution in [-0.2, 0) is 16.1 Å². The fourth-order valence-corrected chi connectivity index (χ4v) is 3.99. The lowest BCUT2D eigenvalue weighted by molar-refractivity contribution is 0.0342. The van der Waals surface area contributed by atoms with E-state index in [1.165, 1.54) is 5.56 Å². The van der Waals surface area contributed by atoms with Crippen LogP contribution in [0, 0.1) is 6.92 Å². The summed E-state index contributed by atoms with van der Waals surface area (Å²) >= 11 is 0. The number of amides is 1. The van der Waals surface area contributed by atoms with Gasteiger partial charge in [-0.3, -0.25) is 9.69 Å². The number of hydrogen-bond donors (Lipinski definition) is 1. The number of carbonyl (C=O) groups excluding carboxylic acids is 1. The van der Waals surface area contributed by atoms with Crippen molar-refractivity contribution in [1.82, 2.24) is 30.4 Å². The van der Waals surface area contributed by atoms with Gasteiger partial charge >= 0.3 is 0 Å². The third-order valence-corrected chi connectivity index (χ3v) is 5.79. The summed E-state index contributed by atoms with van der Waals surface area (Å²) in [4.78, 5) is 15.6. The molecule has 0 radical (unpaired) electrons. The molecule has 1 saturated heterocycles. The largest absolute Gasteiger partial charge is 0.379 e. The Labute approximate surface area is 200 Å². The van der Waals surface area contributed by atoms with Crippen LogP contribution in [0.15, 0.2) is 42.5 Å². The molecule has 1 N–H and O–H groups in total. The van der Waals surface area contributed by atoms with E-state index in [2.05, 4.69) is 56.9 Å². The van der Waals surface area contributed by atoms with E-state index in [9.17, 15) is 4.79 Å². The highest BCUT2D eigenvalue weighted by atomic mass is 16.5. The van der Waals surface area contributed by atoms with Gasteiger partial charge in [0.05, 0.1) is 18.9 Å². The van der Waals surface area contributed by atoms with Crippen LogP contribution in [0.2, 0.25) is 0 Å². The third kappa shape index (κ3) is 6.05. The molecule has 1 aliphatic heterocycles. The van der Waals surface area contributed by atoms with E-state index in [1.807, 2.05) is 32.0 Å². The first-order chi connectivity index (χ1) is 16.5. The van der Waals surface area contributed by atoms with E-state index >= 15 is 0 Å². The fraction of sp³-hybridized carbons (Fsp3) is 0.440. The number of aromatic nitrogens is 4. The first kappa shape index (κ1) is 24.0. The van der Waals surface area contributed by atoms with Crippen LogP contribution < -0.4 is 5.32 Å².